The number of carbonyl (C=O) groups is 2. The van der Waals surface area contributed by atoms with Gasteiger partial charge in [0.25, 0.3) is 11.8 Å². The smallest absolute Gasteiger partial charge is 0.267 e. The van der Waals surface area contributed by atoms with Crippen molar-refractivity contribution in [2.24, 2.45) is 0 Å². The van der Waals surface area contributed by atoms with Crippen LogP contribution in [0.15, 0.2) is 52.0 Å². The highest BCUT2D eigenvalue weighted by molar-refractivity contribution is 8.26. The van der Waals surface area contributed by atoms with E-state index >= 15 is 0 Å². The van der Waals surface area contributed by atoms with E-state index in [4.69, 9.17) is 16.6 Å². The second-order valence-electron chi connectivity index (χ2n) is 5.61. The molecule has 0 spiro atoms. The van der Waals surface area contributed by atoms with Gasteiger partial charge in [0.05, 0.1) is 29.0 Å². The number of likely N-dealkylation sites (N-methyl/N-ethyl adjacent to an activating group) is 1. The van der Waals surface area contributed by atoms with Crippen molar-refractivity contribution in [2.75, 3.05) is 11.4 Å². The zero-order chi connectivity index (χ0) is 17.6. The predicted molar refractivity (Wildman–Crippen MR) is 101 cm³/mol. The Bertz CT molecular complexity index is 918. The van der Waals surface area contributed by atoms with E-state index in [1.54, 1.807) is 23.3 Å². The van der Waals surface area contributed by atoms with E-state index in [1.165, 1.54) is 16.7 Å². The fourth-order valence-corrected chi connectivity index (χ4v) is 4.38. The van der Waals surface area contributed by atoms with Crippen LogP contribution in [0.25, 0.3) is 5.57 Å². The van der Waals surface area contributed by atoms with Crippen LogP contribution in [0.1, 0.15) is 18.2 Å². The van der Waals surface area contributed by atoms with Gasteiger partial charge in [0.2, 0.25) is 0 Å². The number of furan rings is 1. The van der Waals surface area contributed by atoms with E-state index < -0.39 is 0 Å². The molecule has 0 bridgehead atoms. The summed E-state index contributed by atoms with van der Waals surface area (Å²) in [5.74, 6) is 0.251. The summed E-state index contributed by atoms with van der Waals surface area (Å²) in [6, 6.07) is 11.1. The third-order valence-corrected chi connectivity index (χ3v) is 5.66. The van der Waals surface area contributed by atoms with Gasteiger partial charge in [-0.05, 0) is 25.1 Å². The van der Waals surface area contributed by atoms with Gasteiger partial charge in [-0.25, -0.2) is 0 Å². The van der Waals surface area contributed by atoms with Crippen molar-refractivity contribution >= 4 is 51.4 Å². The molecule has 0 atom stereocenters. The minimum absolute atomic E-state index is 0.151. The molecule has 126 valence electrons. The molecule has 0 radical (unpaired) electrons. The first kappa shape index (κ1) is 16.1. The second kappa shape index (κ2) is 6.16. The van der Waals surface area contributed by atoms with Gasteiger partial charge in [0, 0.05) is 12.1 Å². The van der Waals surface area contributed by atoms with Crippen molar-refractivity contribution in [1.82, 2.24) is 4.90 Å². The van der Waals surface area contributed by atoms with E-state index in [0.717, 1.165) is 11.3 Å². The fraction of sp³-hybridized carbons (Fsp3) is 0.167. The van der Waals surface area contributed by atoms with Crippen LogP contribution in [-0.2, 0) is 16.1 Å². The molecule has 25 heavy (non-hydrogen) atoms. The van der Waals surface area contributed by atoms with Crippen molar-refractivity contribution in [3.05, 3.63) is 58.9 Å². The summed E-state index contributed by atoms with van der Waals surface area (Å²) in [4.78, 5) is 29.4. The maximum Gasteiger partial charge on any atom is 0.267 e. The number of carbonyl (C=O) groups excluding carboxylic acids is 2. The number of hydrogen-bond acceptors (Lipinski definition) is 5. The van der Waals surface area contributed by atoms with E-state index in [-0.39, 0.29) is 18.4 Å². The number of amides is 2. The van der Waals surface area contributed by atoms with Crippen LogP contribution < -0.4 is 4.90 Å². The summed E-state index contributed by atoms with van der Waals surface area (Å²) < 4.78 is 5.75. The minimum atomic E-state index is -0.248. The maximum atomic E-state index is 12.9. The number of thioether (sulfide) groups is 1. The maximum absolute atomic E-state index is 12.9. The van der Waals surface area contributed by atoms with Gasteiger partial charge in [-0.2, -0.15) is 0 Å². The Hall–Kier alpha value is -2.38. The van der Waals surface area contributed by atoms with E-state index in [2.05, 4.69) is 0 Å². The molecular weight excluding hydrogens is 356 g/mol. The first-order valence-corrected chi connectivity index (χ1v) is 9.06. The van der Waals surface area contributed by atoms with Gasteiger partial charge in [0.15, 0.2) is 0 Å². The number of para-hydroxylation sites is 1. The van der Waals surface area contributed by atoms with Crippen molar-refractivity contribution in [3.63, 3.8) is 0 Å². The summed E-state index contributed by atoms with van der Waals surface area (Å²) in [6.07, 6.45) is 1.56. The predicted octanol–water partition coefficient (Wildman–Crippen LogP) is 3.42. The van der Waals surface area contributed by atoms with Gasteiger partial charge >= 0.3 is 0 Å². The van der Waals surface area contributed by atoms with Crippen LogP contribution >= 0.6 is 24.0 Å². The number of benzene rings is 1. The number of fused-ring (bicyclic) bond motifs is 1. The number of anilines is 1. The third kappa shape index (κ3) is 2.51. The number of rotatable bonds is 3. The van der Waals surface area contributed by atoms with Crippen molar-refractivity contribution in [1.29, 1.82) is 0 Å². The van der Waals surface area contributed by atoms with E-state index in [0.29, 0.717) is 27.1 Å². The SMILES string of the molecule is CCN1C(=O)/C(=C2\SC(=S)N(Cc3ccco3)C2=O)c2ccccc21. The molecule has 1 aromatic carbocycles. The molecule has 0 unspecified atom stereocenters. The molecule has 3 heterocycles. The molecule has 1 fully saturated rings. The summed E-state index contributed by atoms with van der Waals surface area (Å²) >= 11 is 6.54. The fourth-order valence-electron chi connectivity index (χ4n) is 3.06. The van der Waals surface area contributed by atoms with Crippen LogP contribution in [0.5, 0.6) is 0 Å². The summed E-state index contributed by atoms with van der Waals surface area (Å²) in [7, 11) is 0. The number of hydrogen-bond donors (Lipinski definition) is 0. The lowest BCUT2D eigenvalue weighted by molar-refractivity contribution is -0.123. The normalized spacial score (nSPS) is 20.0. The molecule has 1 saturated heterocycles. The Kier molecular flexibility index (Phi) is 3.97. The summed E-state index contributed by atoms with van der Waals surface area (Å²) in [6.45, 7) is 2.73. The van der Waals surface area contributed by atoms with Gasteiger partial charge in [-0.15, -0.1) is 0 Å². The first-order valence-electron chi connectivity index (χ1n) is 7.83. The van der Waals surface area contributed by atoms with E-state index in [9.17, 15) is 9.59 Å². The van der Waals surface area contributed by atoms with Crippen molar-refractivity contribution in [2.45, 2.75) is 13.5 Å². The molecule has 1 aromatic heterocycles. The molecule has 2 aliphatic rings. The van der Waals surface area contributed by atoms with E-state index in [1.807, 2.05) is 31.2 Å². The zero-order valence-electron chi connectivity index (χ0n) is 13.4. The minimum Gasteiger partial charge on any atom is -0.467 e. The molecule has 2 amide bonds. The zero-order valence-corrected chi connectivity index (χ0v) is 15.0. The van der Waals surface area contributed by atoms with Crippen LogP contribution in [0.3, 0.4) is 0 Å². The van der Waals surface area contributed by atoms with Gasteiger partial charge < -0.3 is 9.32 Å². The summed E-state index contributed by atoms with van der Waals surface area (Å²) in [5.41, 5.74) is 2.06. The number of thiocarbonyl (C=S) groups is 1. The quantitative estimate of drug-likeness (QED) is 0.612. The Balaban J connectivity index is 1.77. The van der Waals surface area contributed by atoms with Crippen molar-refractivity contribution in [3.8, 4) is 0 Å². The molecule has 5 nitrogen and oxygen atoms in total. The molecule has 0 aliphatic carbocycles. The molecule has 0 N–H and O–H groups in total. The Labute approximate surface area is 154 Å². The van der Waals surface area contributed by atoms with Crippen LogP contribution in [0, 0.1) is 0 Å². The lowest BCUT2D eigenvalue weighted by atomic mass is 10.1. The molecule has 2 aromatic rings. The lowest BCUT2D eigenvalue weighted by Crippen LogP contribution is -2.29. The van der Waals surface area contributed by atoms with Crippen LogP contribution in [0.4, 0.5) is 5.69 Å². The van der Waals surface area contributed by atoms with Crippen LogP contribution in [0.2, 0.25) is 0 Å². The molecule has 7 heteroatoms. The highest BCUT2D eigenvalue weighted by Crippen LogP contribution is 2.44. The monoisotopic (exact) mass is 370 g/mol. The average Bonchev–Trinajstić information content (AvgIpc) is 3.28. The lowest BCUT2D eigenvalue weighted by Gasteiger charge is -2.13. The molecular formula is C18H14N2O3S2. The topological polar surface area (TPSA) is 53.8 Å². The molecule has 4 rings (SSSR count). The highest BCUT2D eigenvalue weighted by atomic mass is 32.2. The Morgan fingerprint density at radius 1 is 1.08 bits per heavy atom. The second-order valence-corrected chi connectivity index (χ2v) is 7.25. The summed E-state index contributed by atoms with van der Waals surface area (Å²) in [5, 5.41) is 0. The average molecular weight is 370 g/mol. The molecule has 2 aliphatic heterocycles. The third-order valence-electron chi connectivity index (χ3n) is 4.21. The standard InChI is InChI=1S/C18H14N2O3S2/c1-2-19-13-8-4-3-7-12(13)14(16(19)21)15-17(22)20(18(24)25-15)10-11-6-5-9-23-11/h3-9H,2,10H2,1H3/b15-14-. The largest absolute Gasteiger partial charge is 0.467 e. The van der Waals surface area contributed by atoms with Crippen molar-refractivity contribution < 1.29 is 14.0 Å². The first-order chi connectivity index (χ1) is 12.1. The number of nitrogens with zero attached hydrogens (tertiary/aromatic N) is 2. The Morgan fingerprint density at radius 2 is 1.88 bits per heavy atom. The Morgan fingerprint density at radius 3 is 2.60 bits per heavy atom. The van der Waals surface area contributed by atoms with Crippen LogP contribution in [-0.4, -0.2) is 27.6 Å². The van der Waals surface area contributed by atoms with Gasteiger partial charge in [0.1, 0.15) is 10.1 Å². The van der Waals surface area contributed by atoms with Gasteiger partial charge in [-0.1, -0.05) is 42.2 Å². The van der Waals surface area contributed by atoms with Gasteiger partial charge in [-0.3, -0.25) is 14.5 Å². The molecule has 0 saturated carbocycles. The highest BCUT2D eigenvalue weighted by Gasteiger charge is 2.41.